The third kappa shape index (κ3) is 3.42. The van der Waals surface area contributed by atoms with E-state index >= 15 is 0 Å². The molecule has 5 rings (SSSR count). The van der Waals surface area contributed by atoms with E-state index in [2.05, 4.69) is 27.3 Å². The first-order valence-corrected chi connectivity index (χ1v) is 14.2. The van der Waals surface area contributed by atoms with E-state index in [1.807, 2.05) is 24.4 Å². The number of fused-ring (bicyclic) bond motifs is 2. The van der Waals surface area contributed by atoms with Crippen LogP contribution in [0.2, 0.25) is 0 Å². The molecule has 0 saturated carbocycles. The molecule has 0 aliphatic carbocycles. The summed E-state index contributed by atoms with van der Waals surface area (Å²) >= 11 is -0.316. The van der Waals surface area contributed by atoms with Crippen LogP contribution in [0.4, 0.5) is 5.69 Å². The average molecular weight is 533 g/mol. The van der Waals surface area contributed by atoms with Gasteiger partial charge in [-0.2, -0.15) is 0 Å². The zero-order valence-corrected chi connectivity index (χ0v) is 19.6. The first-order chi connectivity index (χ1) is 14.6. The predicted octanol–water partition coefficient (Wildman–Crippen LogP) is 4.19. The highest BCUT2D eigenvalue weighted by Gasteiger charge is 2.24. The lowest BCUT2D eigenvalue weighted by atomic mass is 10.00. The van der Waals surface area contributed by atoms with Gasteiger partial charge in [0.05, 0.1) is 10.4 Å². The summed E-state index contributed by atoms with van der Waals surface area (Å²) in [6.45, 7) is 2.60. The maximum atomic E-state index is 13.7. The standard InChI is InChI=1S/C23H24IN3O2S/c1-24-18-5-7-23-20(13-18)21(16-8-11-25-12-9-16)15-27(23)30(28,29)19-6-4-17-3-2-10-26-22(17)14-19/h4-8,13-15,25-26H,1-3,9-12H2. The fourth-order valence-electron chi connectivity index (χ4n) is 4.29. The number of anilines is 1. The van der Waals surface area contributed by atoms with Crippen LogP contribution in [0.5, 0.6) is 0 Å². The minimum Gasteiger partial charge on any atom is -0.385 e. The molecule has 3 heterocycles. The molecule has 0 unspecified atom stereocenters. The monoisotopic (exact) mass is 533 g/mol. The Bertz CT molecular complexity index is 1290. The van der Waals surface area contributed by atoms with Crippen molar-refractivity contribution in [2.24, 2.45) is 0 Å². The van der Waals surface area contributed by atoms with E-state index in [-0.39, 0.29) is 20.7 Å². The number of rotatable bonds is 4. The fourth-order valence-corrected chi connectivity index (χ4v) is 6.65. The van der Waals surface area contributed by atoms with E-state index in [1.54, 1.807) is 12.1 Å². The number of aromatic nitrogens is 1. The topological polar surface area (TPSA) is 63.1 Å². The second-order valence-electron chi connectivity index (χ2n) is 7.67. The number of hydrogen-bond donors (Lipinski definition) is 2. The van der Waals surface area contributed by atoms with Crippen LogP contribution < -0.4 is 10.6 Å². The summed E-state index contributed by atoms with van der Waals surface area (Å²) in [4.78, 5) is 0.326. The molecule has 0 fully saturated rings. The van der Waals surface area contributed by atoms with E-state index in [4.69, 9.17) is 0 Å². The predicted molar refractivity (Wildman–Crippen MR) is 133 cm³/mol. The van der Waals surface area contributed by atoms with Gasteiger partial charge in [0.15, 0.2) is 0 Å². The molecule has 5 nitrogen and oxygen atoms in total. The van der Waals surface area contributed by atoms with Gasteiger partial charge >= 0.3 is 0 Å². The highest BCUT2D eigenvalue weighted by atomic mass is 127. The number of nitrogens with one attached hydrogen (secondary N) is 2. The SMILES string of the molecule is C=Ic1ccc2c(c1)c(C1=CCNCC1)cn2S(=O)(=O)c1ccc2c(c1)NCCC2. The Labute approximate surface area is 187 Å². The summed E-state index contributed by atoms with van der Waals surface area (Å²) < 4.78 is 34.1. The summed E-state index contributed by atoms with van der Waals surface area (Å²) in [5.74, 6) is 0. The van der Waals surface area contributed by atoms with Crippen LogP contribution in [0.3, 0.4) is 0 Å². The summed E-state index contributed by atoms with van der Waals surface area (Å²) in [6.07, 6.45) is 6.94. The molecule has 1 aromatic heterocycles. The zero-order valence-electron chi connectivity index (χ0n) is 16.6. The van der Waals surface area contributed by atoms with Crippen molar-refractivity contribution < 1.29 is 8.42 Å². The lowest BCUT2D eigenvalue weighted by Crippen LogP contribution is -2.20. The molecular formula is C23H24IN3O2S. The number of aryl methyl sites for hydroxylation is 1. The first kappa shape index (κ1) is 20.0. The van der Waals surface area contributed by atoms with Crippen molar-refractivity contribution in [2.45, 2.75) is 24.2 Å². The zero-order chi connectivity index (χ0) is 20.7. The number of benzene rings is 2. The minimum absolute atomic E-state index is 0.316. The van der Waals surface area contributed by atoms with Crippen molar-refractivity contribution in [3.63, 3.8) is 0 Å². The van der Waals surface area contributed by atoms with Crippen LogP contribution in [-0.4, -0.2) is 36.5 Å². The second-order valence-corrected chi connectivity index (χ2v) is 11.5. The van der Waals surface area contributed by atoms with Gasteiger partial charge in [-0.1, -0.05) is 37.4 Å². The Morgan fingerprint density at radius 2 is 1.97 bits per heavy atom. The third-order valence-corrected chi connectivity index (χ3v) is 9.09. The van der Waals surface area contributed by atoms with E-state index in [0.29, 0.717) is 4.90 Å². The van der Waals surface area contributed by atoms with Crippen molar-refractivity contribution in [2.75, 3.05) is 25.0 Å². The van der Waals surface area contributed by atoms with Crippen LogP contribution in [-0.2, 0) is 16.4 Å². The highest BCUT2D eigenvalue weighted by Crippen LogP contribution is 2.34. The Morgan fingerprint density at radius 3 is 2.77 bits per heavy atom. The molecule has 0 bridgehead atoms. The van der Waals surface area contributed by atoms with Gasteiger partial charge in [0.1, 0.15) is 0 Å². The maximum absolute atomic E-state index is 13.7. The van der Waals surface area contributed by atoms with Gasteiger partial charge in [-0.15, -0.1) is 0 Å². The van der Waals surface area contributed by atoms with Crippen molar-refractivity contribution in [1.29, 1.82) is 0 Å². The van der Waals surface area contributed by atoms with Crippen LogP contribution in [0.15, 0.2) is 53.6 Å². The van der Waals surface area contributed by atoms with E-state index in [0.717, 1.165) is 61.1 Å². The quantitative estimate of drug-likeness (QED) is 0.494. The molecule has 0 saturated heterocycles. The van der Waals surface area contributed by atoms with Crippen molar-refractivity contribution in [1.82, 2.24) is 9.29 Å². The molecule has 3 aromatic rings. The number of hydrogen-bond acceptors (Lipinski definition) is 4. The summed E-state index contributed by atoms with van der Waals surface area (Å²) in [5.41, 5.74) is 5.08. The molecule has 2 N–H and O–H groups in total. The van der Waals surface area contributed by atoms with Gasteiger partial charge < -0.3 is 10.6 Å². The van der Waals surface area contributed by atoms with Gasteiger partial charge in [-0.05, 0) is 67.3 Å². The Hall–Kier alpha value is -1.97. The smallest absolute Gasteiger partial charge is 0.268 e. The molecular weight excluding hydrogens is 509 g/mol. The fraction of sp³-hybridized carbons (Fsp3) is 0.261. The second kappa shape index (κ2) is 7.94. The van der Waals surface area contributed by atoms with E-state index in [9.17, 15) is 8.42 Å². The van der Waals surface area contributed by atoms with Gasteiger partial charge in [-0.3, -0.25) is 0 Å². The molecule has 30 heavy (non-hydrogen) atoms. The Balaban J connectivity index is 1.70. The summed E-state index contributed by atoms with van der Waals surface area (Å²) in [7, 11) is -3.71. The largest absolute Gasteiger partial charge is 0.385 e. The molecule has 0 amide bonds. The highest BCUT2D eigenvalue weighted by molar-refractivity contribution is 14.2. The van der Waals surface area contributed by atoms with Crippen molar-refractivity contribution in [3.8, 4) is 0 Å². The molecule has 2 aliphatic heterocycles. The molecule has 7 heteroatoms. The van der Waals surface area contributed by atoms with Crippen LogP contribution >= 0.6 is 20.7 Å². The first-order valence-electron chi connectivity index (χ1n) is 10.1. The van der Waals surface area contributed by atoms with Gasteiger partial charge in [0.2, 0.25) is 0 Å². The van der Waals surface area contributed by atoms with Gasteiger partial charge in [0, 0.05) is 39.5 Å². The minimum atomic E-state index is -3.71. The molecule has 0 atom stereocenters. The molecule has 0 radical (unpaired) electrons. The molecule has 0 spiro atoms. The molecule has 2 aromatic carbocycles. The van der Waals surface area contributed by atoms with Crippen LogP contribution in [0.1, 0.15) is 24.0 Å². The number of nitrogens with zero attached hydrogens (tertiary/aromatic N) is 1. The normalized spacial score (nSPS) is 16.7. The van der Waals surface area contributed by atoms with Crippen LogP contribution in [0.25, 0.3) is 16.5 Å². The maximum Gasteiger partial charge on any atom is 0.268 e. The number of halogens is 1. The summed E-state index contributed by atoms with van der Waals surface area (Å²) in [6, 6.07) is 11.6. The average Bonchev–Trinajstić information content (AvgIpc) is 3.19. The van der Waals surface area contributed by atoms with Crippen molar-refractivity contribution in [3.05, 3.63) is 63.4 Å². The van der Waals surface area contributed by atoms with E-state index in [1.165, 1.54) is 18.7 Å². The molecule has 2 aliphatic rings. The van der Waals surface area contributed by atoms with Gasteiger partial charge in [0.25, 0.3) is 10.0 Å². The lowest BCUT2D eigenvalue weighted by molar-refractivity contribution is 0.589. The lowest BCUT2D eigenvalue weighted by Gasteiger charge is -2.19. The van der Waals surface area contributed by atoms with Crippen molar-refractivity contribution >= 4 is 57.4 Å². The molecule has 156 valence electrons. The summed E-state index contributed by atoms with van der Waals surface area (Å²) in [5, 5.41) is 7.68. The van der Waals surface area contributed by atoms with Crippen LogP contribution in [0, 0.1) is 3.57 Å². The third-order valence-electron chi connectivity index (χ3n) is 5.87. The van der Waals surface area contributed by atoms with Gasteiger partial charge in [-0.25, -0.2) is 12.4 Å². The Kier molecular flexibility index (Phi) is 5.28. The Morgan fingerprint density at radius 1 is 1.07 bits per heavy atom. The van der Waals surface area contributed by atoms with E-state index < -0.39 is 10.0 Å².